The molecule has 6 heteroatoms. The van der Waals surface area contributed by atoms with E-state index in [1.54, 1.807) is 22.6 Å². The third-order valence-electron chi connectivity index (χ3n) is 1.30. The van der Waals surface area contributed by atoms with E-state index in [2.05, 4.69) is 4.98 Å². The summed E-state index contributed by atoms with van der Waals surface area (Å²) in [6, 6.07) is 0.860. The van der Waals surface area contributed by atoms with Crippen molar-refractivity contribution >= 4 is 28.9 Å². The van der Waals surface area contributed by atoms with Crippen LogP contribution in [0.15, 0.2) is 6.07 Å². The van der Waals surface area contributed by atoms with E-state index in [1.165, 1.54) is 0 Å². The number of halogens is 4. The van der Waals surface area contributed by atoms with Crippen LogP contribution < -0.4 is 0 Å². The number of aldehydes is 1. The summed E-state index contributed by atoms with van der Waals surface area (Å²) in [5, 5.41) is 0. The molecule has 0 bridgehead atoms. The topological polar surface area (TPSA) is 30.0 Å². The Kier molecular flexibility index (Phi) is 3.23. The van der Waals surface area contributed by atoms with Gasteiger partial charge in [0, 0.05) is 3.57 Å². The molecule has 0 aliphatic rings. The van der Waals surface area contributed by atoms with E-state index in [9.17, 15) is 18.0 Å². The lowest BCUT2D eigenvalue weighted by molar-refractivity contribution is 0.111. The van der Waals surface area contributed by atoms with Gasteiger partial charge in [-0.1, -0.05) is 0 Å². The lowest BCUT2D eigenvalue weighted by Crippen LogP contribution is -2.02. The molecular formula is C7H3F3INO. The fourth-order valence-corrected chi connectivity index (χ4v) is 1.25. The number of carbonyl (C=O) groups excluding carboxylic acids is 1. The predicted molar refractivity (Wildman–Crippen MR) is 47.3 cm³/mol. The van der Waals surface area contributed by atoms with Gasteiger partial charge in [0.1, 0.15) is 11.4 Å². The van der Waals surface area contributed by atoms with Crippen LogP contribution in [0.3, 0.4) is 0 Å². The second-order valence-corrected chi connectivity index (χ2v) is 3.30. The van der Waals surface area contributed by atoms with Crippen LogP contribution in [-0.4, -0.2) is 11.3 Å². The Morgan fingerprint density at radius 3 is 2.62 bits per heavy atom. The maximum Gasteiger partial charge on any atom is 0.283 e. The van der Waals surface area contributed by atoms with Gasteiger partial charge in [-0.2, -0.15) is 0 Å². The van der Waals surface area contributed by atoms with Crippen LogP contribution in [0.2, 0.25) is 0 Å². The van der Waals surface area contributed by atoms with Crippen molar-refractivity contribution in [2.75, 3.05) is 0 Å². The highest BCUT2D eigenvalue weighted by Gasteiger charge is 2.17. The predicted octanol–water partition coefficient (Wildman–Crippen LogP) is 2.58. The number of rotatable bonds is 2. The Balaban J connectivity index is 3.30. The molecule has 0 aliphatic heterocycles. The van der Waals surface area contributed by atoms with Crippen molar-refractivity contribution in [2.45, 2.75) is 6.43 Å². The number of hydrogen-bond donors (Lipinski definition) is 0. The molecule has 0 radical (unpaired) electrons. The van der Waals surface area contributed by atoms with Crippen LogP contribution in [0.4, 0.5) is 13.2 Å². The summed E-state index contributed by atoms with van der Waals surface area (Å²) in [7, 11) is 0. The molecule has 2 nitrogen and oxygen atoms in total. The molecule has 1 aromatic rings. The van der Waals surface area contributed by atoms with E-state index in [0.717, 1.165) is 6.07 Å². The molecule has 1 aromatic heterocycles. The highest BCUT2D eigenvalue weighted by Crippen LogP contribution is 2.22. The summed E-state index contributed by atoms with van der Waals surface area (Å²) < 4.78 is 37.1. The van der Waals surface area contributed by atoms with E-state index in [-0.39, 0.29) is 9.26 Å². The molecule has 0 N–H and O–H groups in total. The smallest absolute Gasteiger partial charge is 0.283 e. The SMILES string of the molecule is O=Cc1nc(C(F)F)c(F)cc1I. The van der Waals surface area contributed by atoms with Crippen LogP contribution in [0.5, 0.6) is 0 Å². The molecule has 0 amide bonds. The van der Waals surface area contributed by atoms with Crippen molar-refractivity contribution in [3.63, 3.8) is 0 Å². The lowest BCUT2D eigenvalue weighted by Gasteiger charge is -2.02. The van der Waals surface area contributed by atoms with Crippen molar-refractivity contribution in [3.8, 4) is 0 Å². The molecule has 0 aliphatic carbocycles. The standard InChI is InChI=1S/C7H3F3INO/c8-3-1-4(11)5(2-13)12-6(3)7(9)10/h1-2,7H. The van der Waals surface area contributed by atoms with Gasteiger partial charge < -0.3 is 0 Å². The Labute approximate surface area is 85.3 Å². The molecule has 0 fully saturated rings. The number of nitrogens with zero attached hydrogens (tertiary/aromatic N) is 1. The van der Waals surface area contributed by atoms with Crippen molar-refractivity contribution in [1.82, 2.24) is 4.98 Å². The minimum Gasteiger partial charge on any atom is -0.296 e. The van der Waals surface area contributed by atoms with Gasteiger partial charge in [0.2, 0.25) is 0 Å². The van der Waals surface area contributed by atoms with Gasteiger partial charge in [-0.15, -0.1) is 0 Å². The minimum atomic E-state index is -3.00. The third-order valence-corrected chi connectivity index (χ3v) is 2.17. The zero-order chi connectivity index (χ0) is 10.0. The molecule has 70 valence electrons. The van der Waals surface area contributed by atoms with Gasteiger partial charge in [0.25, 0.3) is 6.43 Å². The average Bonchev–Trinajstić information content (AvgIpc) is 2.03. The molecule has 1 heterocycles. The molecule has 1 rings (SSSR count). The Morgan fingerprint density at radius 2 is 2.15 bits per heavy atom. The van der Waals surface area contributed by atoms with Gasteiger partial charge in [0.05, 0.1) is 0 Å². The first kappa shape index (κ1) is 10.4. The number of pyridine rings is 1. The highest BCUT2D eigenvalue weighted by atomic mass is 127. The first-order valence-corrected chi connectivity index (χ1v) is 4.23. The van der Waals surface area contributed by atoms with Crippen molar-refractivity contribution in [3.05, 3.63) is 26.8 Å². The molecule has 0 saturated carbocycles. The summed E-state index contributed by atoms with van der Waals surface area (Å²) in [6.45, 7) is 0. The Bertz CT molecular complexity index is 343. The molecule has 0 atom stereocenters. The normalized spacial score (nSPS) is 10.5. The van der Waals surface area contributed by atoms with Gasteiger partial charge in [-0.05, 0) is 28.7 Å². The van der Waals surface area contributed by atoms with Crippen molar-refractivity contribution < 1.29 is 18.0 Å². The molecule has 0 unspecified atom stereocenters. The molecule has 13 heavy (non-hydrogen) atoms. The minimum absolute atomic E-state index is 0.169. The van der Waals surface area contributed by atoms with Gasteiger partial charge in [-0.25, -0.2) is 18.2 Å². The second-order valence-electron chi connectivity index (χ2n) is 2.14. The highest BCUT2D eigenvalue weighted by molar-refractivity contribution is 14.1. The Morgan fingerprint density at radius 1 is 1.54 bits per heavy atom. The average molecular weight is 301 g/mol. The van der Waals surface area contributed by atoms with Crippen LogP contribution in [0.25, 0.3) is 0 Å². The van der Waals surface area contributed by atoms with Gasteiger partial charge >= 0.3 is 0 Å². The van der Waals surface area contributed by atoms with E-state index < -0.39 is 17.9 Å². The summed E-state index contributed by atoms with van der Waals surface area (Å²) in [5.74, 6) is -1.09. The zero-order valence-corrected chi connectivity index (χ0v) is 8.26. The lowest BCUT2D eigenvalue weighted by atomic mass is 10.3. The second kappa shape index (κ2) is 4.03. The quantitative estimate of drug-likeness (QED) is 0.621. The molecule has 0 spiro atoms. The van der Waals surface area contributed by atoms with Crippen LogP contribution in [0.1, 0.15) is 22.6 Å². The monoisotopic (exact) mass is 301 g/mol. The fraction of sp³-hybridized carbons (Fsp3) is 0.143. The van der Waals surface area contributed by atoms with Gasteiger partial charge in [0.15, 0.2) is 12.1 Å². The zero-order valence-electron chi connectivity index (χ0n) is 6.10. The number of aromatic nitrogens is 1. The first-order chi connectivity index (χ1) is 6.06. The fourth-order valence-electron chi connectivity index (χ4n) is 0.731. The van der Waals surface area contributed by atoms with Crippen molar-refractivity contribution in [2.24, 2.45) is 0 Å². The summed E-state index contributed by atoms with van der Waals surface area (Å²) >= 11 is 1.65. The van der Waals surface area contributed by atoms with Gasteiger partial charge in [-0.3, -0.25) is 4.79 Å². The largest absolute Gasteiger partial charge is 0.296 e. The molecular weight excluding hydrogens is 298 g/mol. The van der Waals surface area contributed by atoms with E-state index >= 15 is 0 Å². The summed E-state index contributed by atoms with van der Waals surface area (Å²) in [5.41, 5.74) is -1.15. The third kappa shape index (κ3) is 2.17. The molecule has 0 saturated heterocycles. The summed E-state index contributed by atoms with van der Waals surface area (Å²) in [6.07, 6.45) is -2.69. The maximum absolute atomic E-state index is 12.8. The Hall–Kier alpha value is -0.660. The van der Waals surface area contributed by atoms with Crippen LogP contribution in [0, 0.1) is 9.39 Å². The van der Waals surface area contributed by atoms with Crippen LogP contribution in [-0.2, 0) is 0 Å². The number of carbonyl (C=O) groups is 1. The first-order valence-electron chi connectivity index (χ1n) is 3.15. The van der Waals surface area contributed by atoms with E-state index in [1.807, 2.05) is 0 Å². The number of alkyl halides is 2. The number of hydrogen-bond acceptors (Lipinski definition) is 2. The molecule has 0 aromatic carbocycles. The van der Waals surface area contributed by atoms with E-state index in [0.29, 0.717) is 6.29 Å². The van der Waals surface area contributed by atoms with E-state index in [4.69, 9.17) is 0 Å². The maximum atomic E-state index is 12.8. The summed E-state index contributed by atoms with van der Waals surface area (Å²) in [4.78, 5) is 13.5. The van der Waals surface area contributed by atoms with Crippen LogP contribution >= 0.6 is 22.6 Å². The van der Waals surface area contributed by atoms with Crippen molar-refractivity contribution in [1.29, 1.82) is 0 Å².